The lowest BCUT2D eigenvalue weighted by Gasteiger charge is -2.20. The molecule has 5 heteroatoms. The highest BCUT2D eigenvalue weighted by Gasteiger charge is 2.14. The van der Waals surface area contributed by atoms with E-state index in [1.807, 2.05) is 37.3 Å². The summed E-state index contributed by atoms with van der Waals surface area (Å²) in [4.78, 5) is 23.7. The molecule has 0 unspecified atom stereocenters. The molecule has 0 aliphatic carbocycles. The zero-order valence-corrected chi connectivity index (χ0v) is 10.4. The molecule has 18 heavy (non-hydrogen) atoms. The van der Waals surface area contributed by atoms with Crippen LogP contribution in [0.4, 0.5) is 4.79 Å². The molecule has 0 bridgehead atoms. The Hall–Kier alpha value is -2.04. The standard InChI is InChI=1S/C13H18N2O3/c1-2-8-15(10-12(16)17)13(18)14-9-11-6-4-3-5-7-11/h3-7H,2,8-10H2,1H3,(H,14,18)(H,16,17). The number of carbonyl (C=O) groups is 2. The molecule has 0 fully saturated rings. The van der Waals surface area contributed by atoms with Crippen LogP contribution in [0.2, 0.25) is 0 Å². The van der Waals surface area contributed by atoms with E-state index < -0.39 is 5.97 Å². The summed E-state index contributed by atoms with van der Waals surface area (Å²) in [7, 11) is 0. The molecular formula is C13H18N2O3. The number of aliphatic carboxylic acids is 1. The number of urea groups is 1. The Bertz CT molecular complexity index is 392. The van der Waals surface area contributed by atoms with E-state index in [0.29, 0.717) is 13.1 Å². The van der Waals surface area contributed by atoms with Gasteiger partial charge in [0.25, 0.3) is 0 Å². The molecule has 0 atom stereocenters. The maximum absolute atomic E-state index is 11.8. The van der Waals surface area contributed by atoms with Gasteiger partial charge < -0.3 is 15.3 Å². The molecule has 0 aromatic heterocycles. The lowest BCUT2D eigenvalue weighted by atomic mass is 10.2. The predicted molar refractivity (Wildman–Crippen MR) is 68.2 cm³/mol. The first-order valence-corrected chi connectivity index (χ1v) is 5.92. The molecule has 0 aliphatic rings. The smallest absolute Gasteiger partial charge is 0.323 e. The topological polar surface area (TPSA) is 69.6 Å². The van der Waals surface area contributed by atoms with E-state index in [0.717, 1.165) is 12.0 Å². The van der Waals surface area contributed by atoms with Crippen LogP contribution in [-0.4, -0.2) is 35.1 Å². The van der Waals surface area contributed by atoms with Crippen molar-refractivity contribution in [1.29, 1.82) is 0 Å². The zero-order valence-electron chi connectivity index (χ0n) is 10.4. The first kappa shape index (κ1) is 14.0. The van der Waals surface area contributed by atoms with Crippen molar-refractivity contribution in [1.82, 2.24) is 10.2 Å². The number of nitrogens with zero attached hydrogens (tertiary/aromatic N) is 1. The Morgan fingerprint density at radius 1 is 1.28 bits per heavy atom. The molecule has 5 nitrogen and oxygen atoms in total. The minimum atomic E-state index is -1.00. The van der Waals surface area contributed by atoms with Gasteiger partial charge in [0.2, 0.25) is 0 Å². The fraction of sp³-hybridized carbons (Fsp3) is 0.385. The molecule has 0 spiro atoms. The third-order valence-electron chi connectivity index (χ3n) is 2.39. The maximum Gasteiger partial charge on any atom is 0.323 e. The normalized spacial score (nSPS) is 9.83. The van der Waals surface area contributed by atoms with Crippen molar-refractivity contribution in [3.8, 4) is 0 Å². The van der Waals surface area contributed by atoms with Gasteiger partial charge in [0.1, 0.15) is 6.54 Å². The maximum atomic E-state index is 11.8. The van der Waals surface area contributed by atoms with Gasteiger partial charge >= 0.3 is 12.0 Å². The Labute approximate surface area is 106 Å². The second kappa shape index (κ2) is 7.32. The Morgan fingerprint density at radius 3 is 2.50 bits per heavy atom. The highest BCUT2D eigenvalue weighted by Crippen LogP contribution is 1.99. The number of rotatable bonds is 6. The quantitative estimate of drug-likeness (QED) is 0.807. The molecular weight excluding hydrogens is 232 g/mol. The van der Waals surface area contributed by atoms with Gasteiger partial charge in [-0.2, -0.15) is 0 Å². The van der Waals surface area contributed by atoms with E-state index in [1.54, 1.807) is 0 Å². The summed E-state index contributed by atoms with van der Waals surface area (Å²) in [6.45, 7) is 2.47. The van der Waals surface area contributed by atoms with E-state index in [2.05, 4.69) is 5.32 Å². The van der Waals surface area contributed by atoms with Crippen LogP contribution in [0.25, 0.3) is 0 Å². The Balaban J connectivity index is 2.48. The van der Waals surface area contributed by atoms with Crippen LogP contribution in [0.15, 0.2) is 30.3 Å². The minimum absolute atomic E-state index is 0.269. The molecule has 0 saturated heterocycles. The molecule has 0 radical (unpaired) electrons. The first-order valence-electron chi connectivity index (χ1n) is 5.92. The summed E-state index contributed by atoms with van der Waals surface area (Å²) < 4.78 is 0. The van der Waals surface area contributed by atoms with Crippen molar-refractivity contribution in [2.45, 2.75) is 19.9 Å². The van der Waals surface area contributed by atoms with Crippen LogP contribution in [0.1, 0.15) is 18.9 Å². The number of carbonyl (C=O) groups excluding carboxylic acids is 1. The number of hydrogen-bond donors (Lipinski definition) is 2. The fourth-order valence-electron chi connectivity index (χ4n) is 1.57. The summed E-state index contributed by atoms with van der Waals surface area (Å²) in [5.41, 5.74) is 0.984. The summed E-state index contributed by atoms with van der Waals surface area (Å²) in [5.74, 6) is -1.00. The van der Waals surface area contributed by atoms with Crippen LogP contribution >= 0.6 is 0 Å². The lowest BCUT2D eigenvalue weighted by molar-refractivity contribution is -0.137. The van der Waals surface area contributed by atoms with E-state index in [4.69, 9.17) is 5.11 Å². The third-order valence-corrected chi connectivity index (χ3v) is 2.39. The third kappa shape index (κ3) is 4.86. The van der Waals surface area contributed by atoms with Gasteiger partial charge in [-0.15, -0.1) is 0 Å². The van der Waals surface area contributed by atoms with Gasteiger partial charge in [0.05, 0.1) is 0 Å². The molecule has 2 amide bonds. The Kier molecular flexibility index (Phi) is 5.70. The molecule has 98 valence electrons. The summed E-state index contributed by atoms with van der Waals surface area (Å²) in [6.07, 6.45) is 0.728. The molecule has 0 aliphatic heterocycles. The van der Waals surface area contributed by atoms with E-state index >= 15 is 0 Å². The second-order valence-corrected chi connectivity index (χ2v) is 3.96. The van der Waals surface area contributed by atoms with Gasteiger partial charge in [0.15, 0.2) is 0 Å². The summed E-state index contributed by atoms with van der Waals surface area (Å²) in [5, 5.41) is 11.4. The number of hydrogen-bond acceptors (Lipinski definition) is 2. The predicted octanol–water partition coefficient (Wildman–Crippen LogP) is 1.69. The van der Waals surface area contributed by atoms with Crippen LogP contribution in [0.3, 0.4) is 0 Å². The summed E-state index contributed by atoms with van der Waals surface area (Å²) >= 11 is 0. The number of benzene rings is 1. The highest BCUT2D eigenvalue weighted by molar-refractivity contribution is 5.80. The molecule has 1 aromatic rings. The van der Waals surface area contributed by atoms with Gasteiger partial charge in [-0.3, -0.25) is 4.79 Å². The average molecular weight is 250 g/mol. The van der Waals surface area contributed by atoms with Crippen molar-refractivity contribution in [2.24, 2.45) is 0 Å². The number of amides is 2. The number of carboxylic acids is 1. The second-order valence-electron chi connectivity index (χ2n) is 3.96. The van der Waals surface area contributed by atoms with E-state index in [1.165, 1.54) is 4.90 Å². The fourth-order valence-corrected chi connectivity index (χ4v) is 1.57. The molecule has 1 aromatic carbocycles. The highest BCUT2D eigenvalue weighted by atomic mass is 16.4. The summed E-state index contributed by atoms with van der Waals surface area (Å²) in [6, 6.07) is 9.15. The van der Waals surface area contributed by atoms with Crippen molar-refractivity contribution < 1.29 is 14.7 Å². The van der Waals surface area contributed by atoms with Crippen LogP contribution in [0.5, 0.6) is 0 Å². The van der Waals surface area contributed by atoms with Crippen LogP contribution < -0.4 is 5.32 Å². The zero-order chi connectivity index (χ0) is 13.4. The largest absolute Gasteiger partial charge is 0.480 e. The SMILES string of the molecule is CCCN(CC(=O)O)C(=O)NCc1ccccc1. The van der Waals surface area contributed by atoms with Crippen LogP contribution in [-0.2, 0) is 11.3 Å². The monoisotopic (exact) mass is 250 g/mol. The van der Waals surface area contributed by atoms with Gasteiger partial charge in [0, 0.05) is 13.1 Å². The molecule has 1 rings (SSSR count). The average Bonchev–Trinajstić information content (AvgIpc) is 2.36. The van der Waals surface area contributed by atoms with E-state index in [9.17, 15) is 9.59 Å². The van der Waals surface area contributed by atoms with Gasteiger partial charge in [-0.1, -0.05) is 37.3 Å². The molecule has 2 N–H and O–H groups in total. The van der Waals surface area contributed by atoms with Crippen molar-refractivity contribution >= 4 is 12.0 Å². The number of nitrogens with one attached hydrogen (secondary N) is 1. The Morgan fingerprint density at radius 2 is 1.94 bits per heavy atom. The number of carboxylic acid groups (broad SMARTS) is 1. The lowest BCUT2D eigenvalue weighted by Crippen LogP contribution is -2.42. The molecule has 0 heterocycles. The van der Waals surface area contributed by atoms with Crippen LogP contribution in [0, 0.1) is 0 Å². The van der Waals surface area contributed by atoms with E-state index in [-0.39, 0.29) is 12.6 Å². The van der Waals surface area contributed by atoms with Gasteiger partial charge in [-0.25, -0.2) is 4.79 Å². The first-order chi connectivity index (χ1) is 8.63. The van der Waals surface area contributed by atoms with Crippen molar-refractivity contribution in [2.75, 3.05) is 13.1 Å². The van der Waals surface area contributed by atoms with Crippen molar-refractivity contribution in [3.05, 3.63) is 35.9 Å². The molecule has 0 saturated carbocycles. The van der Waals surface area contributed by atoms with Crippen molar-refractivity contribution in [3.63, 3.8) is 0 Å². The van der Waals surface area contributed by atoms with Gasteiger partial charge in [-0.05, 0) is 12.0 Å². The minimum Gasteiger partial charge on any atom is -0.480 e.